The summed E-state index contributed by atoms with van der Waals surface area (Å²) in [6.45, 7) is 6.25. The highest BCUT2D eigenvalue weighted by Crippen LogP contribution is 2.40. The number of aliphatic imine (C=N–C) groups is 2. The van der Waals surface area contributed by atoms with Gasteiger partial charge in [-0.3, -0.25) is 20.0 Å². The number of nitrogens with zero attached hydrogens (tertiary/aromatic N) is 6. The van der Waals surface area contributed by atoms with Gasteiger partial charge in [0.1, 0.15) is 5.69 Å². The molecule has 306 valence electrons. The van der Waals surface area contributed by atoms with Crippen LogP contribution < -0.4 is 4.90 Å². The second-order valence-corrected chi connectivity index (χ2v) is 14.8. The smallest absolute Gasteiger partial charge is 0.102 e. The minimum atomic E-state index is 0.334. The monoisotopic (exact) mass is 824 g/mol. The third kappa shape index (κ3) is 9.13. The lowest BCUT2D eigenvalue weighted by molar-refractivity contribution is 1.05. The van der Waals surface area contributed by atoms with E-state index in [0.29, 0.717) is 13.0 Å². The van der Waals surface area contributed by atoms with Crippen LogP contribution >= 0.6 is 0 Å². The Bertz CT molecular complexity index is 3190. The Morgan fingerprint density at radius 1 is 0.922 bits per heavy atom. The first-order valence-corrected chi connectivity index (χ1v) is 21.1. The Hall–Kier alpha value is -8.72. The minimum Gasteiger partial charge on any atom is -0.308 e. The molecule has 0 fully saturated rings. The van der Waals surface area contributed by atoms with Crippen LogP contribution in [-0.2, 0) is 6.42 Å². The van der Waals surface area contributed by atoms with Crippen molar-refractivity contribution in [2.45, 2.75) is 26.2 Å². The number of hydrogen-bond donors (Lipinski definition) is 0. The van der Waals surface area contributed by atoms with Crippen LogP contribution in [0.1, 0.15) is 42.3 Å². The van der Waals surface area contributed by atoms with Crippen LogP contribution in [0.2, 0.25) is 0 Å². The molecule has 0 spiro atoms. The normalized spacial score (nSPS) is 15.7. The van der Waals surface area contributed by atoms with Gasteiger partial charge in [0, 0.05) is 65.3 Å². The van der Waals surface area contributed by atoms with Gasteiger partial charge in [0.2, 0.25) is 0 Å². The highest BCUT2D eigenvalue weighted by molar-refractivity contribution is 6.09. The molecule has 2 aliphatic carbocycles. The molecule has 64 heavy (non-hydrogen) atoms. The van der Waals surface area contributed by atoms with Crippen molar-refractivity contribution in [1.29, 1.82) is 0 Å². The van der Waals surface area contributed by atoms with Crippen LogP contribution in [0.4, 0.5) is 5.69 Å². The van der Waals surface area contributed by atoms with Gasteiger partial charge in [-0.2, -0.15) is 0 Å². The van der Waals surface area contributed by atoms with Crippen molar-refractivity contribution in [1.82, 2.24) is 14.5 Å². The van der Waals surface area contributed by atoms with Crippen LogP contribution in [0, 0.1) is 24.7 Å². The number of unbranched alkanes of at least 4 members (excludes halogenated alkanes) is 1. The first kappa shape index (κ1) is 42.0. The van der Waals surface area contributed by atoms with Gasteiger partial charge in [-0.1, -0.05) is 96.8 Å². The van der Waals surface area contributed by atoms with E-state index < -0.39 is 0 Å². The van der Waals surface area contributed by atoms with E-state index in [0.717, 1.165) is 103 Å². The van der Waals surface area contributed by atoms with E-state index in [1.54, 1.807) is 12.3 Å². The summed E-state index contributed by atoms with van der Waals surface area (Å²) in [5.74, 6) is 5.49. The fraction of sp³-hybridized carbons (Fsp3) is 0.0862. The number of hydrogen-bond acceptors (Lipinski definition) is 5. The number of anilines is 1. The SMILES string of the molecule is C#CCN=C/C(=C\CC/C=C\c1c(CC#C)c2ncccc2n1C1=CC=C=CC(N2C3=C=C(C=C(C4=C=CN=CC(C(/C=C\C)=C/C=C)=C4)C=C3)c3ncccc32)=C1)c1ccccc1. The van der Waals surface area contributed by atoms with E-state index in [2.05, 4.69) is 134 Å². The molecule has 3 aromatic heterocycles. The molecule has 8 rings (SSSR count). The summed E-state index contributed by atoms with van der Waals surface area (Å²) in [5, 5.41) is 0. The van der Waals surface area contributed by atoms with Crippen LogP contribution in [0.3, 0.4) is 0 Å². The fourth-order valence-electron chi connectivity index (χ4n) is 7.85. The summed E-state index contributed by atoms with van der Waals surface area (Å²) in [4.78, 5) is 20.9. The molecule has 1 aromatic carbocycles. The van der Waals surface area contributed by atoms with Crippen molar-refractivity contribution in [2.24, 2.45) is 9.98 Å². The summed E-state index contributed by atoms with van der Waals surface area (Å²) in [6, 6.07) is 18.3. The summed E-state index contributed by atoms with van der Waals surface area (Å²) in [6.07, 6.45) is 53.5. The number of rotatable bonds is 14. The van der Waals surface area contributed by atoms with E-state index in [1.165, 1.54) is 0 Å². The lowest BCUT2D eigenvalue weighted by atomic mass is 9.97. The zero-order chi connectivity index (χ0) is 44.1. The Morgan fingerprint density at radius 3 is 2.64 bits per heavy atom. The van der Waals surface area contributed by atoms with Gasteiger partial charge in [0.05, 0.1) is 46.6 Å². The van der Waals surface area contributed by atoms with Crippen molar-refractivity contribution in [3.8, 4) is 24.7 Å². The van der Waals surface area contributed by atoms with E-state index in [4.69, 9.17) is 22.8 Å². The molecule has 0 radical (unpaired) electrons. The third-order valence-corrected chi connectivity index (χ3v) is 10.6. The number of aromatic nitrogens is 3. The van der Waals surface area contributed by atoms with Crippen molar-refractivity contribution >= 4 is 52.1 Å². The largest absolute Gasteiger partial charge is 0.308 e. The zero-order valence-electron chi connectivity index (χ0n) is 35.6. The van der Waals surface area contributed by atoms with E-state index in [-0.39, 0.29) is 0 Å². The van der Waals surface area contributed by atoms with Crippen LogP contribution in [0.25, 0.3) is 34.0 Å². The van der Waals surface area contributed by atoms with Gasteiger partial charge < -0.3 is 9.47 Å². The molecule has 2 bridgehead atoms. The van der Waals surface area contributed by atoms with Gasteiger partial charge in [-0.05, 0) is 109 Å². The Labute approximate surface area is 375 Å². The van der Waals surface area contributed by atoms with Gasteiger partial charge in [-0.15, -0.1) is 24.5 Å². The van der Waals surface area contributed by atoms with Crippen LogP contribution in [0.5, 0.6) is 0 Å². The van der Waals surface area contributed by atoms with Crippen LogP contribution in [0.15, 0.2) is 226 Å². The second-order valence-electron chi connectivity index (χ2n) is 14.8. The molecule has 4 aliphatic rings. The fourth-order valence-corrected chi connectivity index (χ4v) is 7.85. The Balaban J connectivity index is 1.16. The number of allylic oxidation sites excluding steroid dienone is 19. The van der Waals surface area contributed by atoms with E-state index in [9.17, 15) is 0 Å². The molecular formula is C58H44N6. The molecule has 0 atom stereocenters. The number of pyridine rings is 2. The number of benzene rings is 1. The lowest BCUT2D eigenvalue weighted by Gasteiger charge is -2.29. The third-order valence-electron chi connectivity index (χ3n) is 10.6. The number of fused-ring (bicyclic) bond motifs is 3. The minimum absolute atomic E-state index is 0.334. The molecule has 0 N–H and O–H groups in total. The van der Waals surface area contributed by atoms with Crippen molar-refractivity contribution in [3.05, 3.63) is 238 Å². The molecular weight excluding hydrogens is 781 g/mol. The van der Waals surface area contributed by atoms with Gasteiger partial charge in [-0.25, -0.2) is 0 Å². The first-order chi connectivity index (χ1) is 31.6. The lowest BCUT2D eigenvalue weighted by Crippen LogP contribution is -2.23. The molecule has 2 aliphatic heterocycles. The van der Waals surface area contributed by atoms with Crippen molar-refractivity contribution in [3.63, 3.8) is 0 Å². The van der Waals surface area contributed by atoms with Crippen molar-refractivity contribution < 1.29 is 0 Å². The molecule has 0 amide bonds. The molecule has 6 heteroatoms. The number of terminal acetylenes is 2. The molecule has 4 aromatic rings. The quantitative estimate of drug-likeness (QED) is 0.0418. The average Bonchev–Trinajstić information content (AvgIpc) is 3.64. The standard InChI is InChI=1S/C58H44N6/c1-5-19-43(20-6-2)49-38-46(32-36-60-42-49)45-30-31-52-39-48(37-45)57-55(28-17-34-61-57)63(52)50-25-15-16-26-51(40-50)64-54(53(21-7-3)58-56(64)29-18-35-62-58)27-14-10-13-24-47(41-59-33-8-4)44-22-11-9-12-23-44/h3-6,9,11-12,14,16-20,22-31,34-38,40-42H,1,10,13,21,33H2,2H3/b20-6-,27-14-,43-19+,47-24+,59-41?. The summed E-state index contributed by atoms with van der Waals surface area (Å²) < 4.78 is 2.24. The highest BCUT2D eigenvalue weighted by Gasteiger charge is 2.27. The van der Waals surface area contributed by atoms with Gasteiger partial charge >= 0.3 is 0 Å². The zero-order valence-corrected chi connectivity index (χ0v) is 35.6. The summed E-state index contributed by atoms with van der Waals surface area (Å²) in [7, 11) is 0. The molecule has 0 saturated heterocycles. The predicted octanol–water partition coefficient (Wildman–Crippen LogP) is 12.3. The van der Waals surface area contributed by atoms with Crippen molar-refractivity contribution in [2.75, 3.05) is 11.4 Å². The first-order valence-electron chi connectivity index (χ1n) is 21.1. The average molecular weight is 825 g/mol. The Morgan fingerprint density at radius 2 is 1.80 bits per heavy atom. The maximum Gasteiger partial charge on any atom is 0.102 e. The highest BCUT2D eigenvalue weighted by atomic mass is 15.2. The van der Waals surface area contributed by atoms with Gasteiger partial charge in [0.25, 0.3) is 0 Å². The molecule has 5 heterocycles. The maximum absolute atomic E-state index is 6.03. The molecule has 6 nitrogen and oxygen atoms in total. The predicted molar refractivity (Wildman–Crippen MR) is 268 cm³/mol. The summed E-state index contributed by atoms with van der Waals surface area (Å²) >= 11 is 0. The van der Waals surface area contributed by atoms with E-state index in [1.807, 2.05) is 92.5 Å². The molecule has 0 saturated carbocycles. The topological polar surface area (TPSA) is 58.7 Å². The maximum atomic E-state index is 6.03. The summed E-state index contributed by atoms with van der Waals surface area (Å²) in [5.41, 5.74) is 25.4. The van der Waals surface area contributed by atoms with Gasteiger partial charge in [0.15, 0.2) is 0 Å². The second kappa shape index (κ2) is 20.2. The van der Waals surface area contributed by atoms with E-state index >= 15 is 0 Å². The Kier molecular flexibility index (Phi) is 13.3. The molecule has 0 unspecified atom stereocenters. The van der Waals surface area contributed by atoms with Crippen LogP contribution in [-0.4, -0.2) is 33.5 Å².